The average Bonchev–Trinajstić information content (AvgIpc) is 3.15. The molecule has 24 atom stereocenters. The Kier molecular flexibility index (Phi) is 25.4. The molecule has 0 amide bonds. The van der Waals surface area contributed by atoms with Crippen LogP contribution in [0, 0.1) is 5.92 Å². The van der Waals surface area contributed by atoms with E-state index in [2.05, 4.69) is 75.7 Å². The molecule has 27 heteroatoms. The maximum atomic E-state index is 13.0. The van der Waals surface area contributed by atoms with Gasteiger partial charge in [0.25, 0.3) is 0 Å². The largest absolute Gasteiger partial charge is 0.363 e. The second-order valence-electron chi connectivity index (χ2n) is 12.4. The van der Waals surface area contributed by atoms with Gasteiger partial charge in [-0.1, -0.05) is 13.3 Å². The van der Waals surface area contributed by atoms with Gasteiger partial charge in [-0.3, -0.25) is 13.9 Å². The molecule has 0 aromatic rings. The van der Waals surface area contributed by atoms with Crippen LogP contribution < -0.4 is 0 Å². The molecule has 308 valence electrons. The van der Waals surface area contributed by atoms with Gasteiger partial charge in [0.1, 0.15) is 78.1 Å². The monoisotopic (exact) mass is 946 g/mol. The number of ether oxygens (including phenoxy) is 6. The summed E-state index contributed by atoms with van der Waals surface area (Å²) in [5.41, 5.74) is -1.86. The zero-order chi connectivity index (χ0) is 39.1. The quantitative estimate of drug-likeness (QED) is 0.100. The van der Waals surface area contributed by atoms with Gasteiger partial charge >= 0.3 is 0 Å². The normalized spacial score (nSPS) is 38.6. The van der Waals surface area contributed by atoms with Crippen LogP contribution >= 0.6 is 92.7 Å². The SMILES string of the molecule is CC(=O)C(C)CCCCOC1OC(COP)[C@H](O[C@@H]2OC(COP)[C@H](O[C@@H]3OC(COP)[C@H](OP)[C@H](OP)C3P=O)[C@H](OP)C2P=O)[C@H](OP)C1OP. The van der Waals surface area contributed by atoms with Crippen LogP contribution in [0.2, 0.25) is 0 Å². The lowest BCUT2D eigenvalue weighted by atomic mass is 9.97. The Morgan fingerprint density at radius 1 is 0.585 bits per heavy atom. The first-order valence-corrected chi connectivity index (χ1v) is 21.9. The molecule has 3 aliphatic heterocycles. The van der Waals surface area contributed by atoms with E-state index in [0.717, 1.165) is 12.8 Å². The number of ketones is 1. The maximum Gasteiger partial charge on any atom is 0.187 e. The van der Waals surface area contributed by atoms with Crippen molar-refractivity contribution in [2.45, 2.75) is 124 Å². The molecule has 3 aliphatic rings. The van der Waals surface area contributed by atoms with Crippen molar-refractivity contribution in [1.29, 1.82) is 0 Å². The summed E-state index contributed by atoms with van der Waals surface area (Å²) in [6.07, 6.45) is -9.27. The highest BCUT2D eigenvalue weighted by Crippen LogP contribution is 2.42. The van der Waals surface area contributed by atoms with E-state index in [9.17, 15) is 13.9 Å². The van der Waals surface area contributed by atoms with Crippen molar-refractivity contribution in [2.75, 3.05) is 26.4 Å². The number of rotatable bonds is 24. The summed E-state index contributed by atoms with van der Waals surface area (Å²) in [5, 5.41) is 0. The first-order chi connectivity index (χ1) is 25.6. The molecule has 0 bridgehead atoms. The van der Waals surface area contributed by atoms with Crippen LogP contribution in [0.3, 0.4) is 0 Å². The fourth-order valence-electron chi connectivity index (χ4n) is 6.30. The minimum absolute atomic E-state index is 0.0206. The molecule has 3 saturated heterocycles. The Bertz CT molecular complexity index is 1100. The number of Topliss-reactive ketones (excluding diaryl/α,β-unsaturated/α-hetero) is 1. The molecule has 53 heavy (non-hydrogen) atoms. The smallest absolute Gasteiger partial charge is 0.187 e. The molecule has 0 spiro atoms. The molecule has 0 N–H and O–H groups in total. The van der Waals surface area contributed by atoms with Gasteiger partial charge in [-0.25, -0.2) is 0 Å². The van der Waals surface area contributed by atoms with Crippen molar-refractivity contribution < 1.29 is 78.5 Å². The van der Waals surface area contributed by atoms with Gasteiger partial charge < -0.3 is 64.6 Å². The van der Waals surface area contributed by atoms with Gasteiger partial charge in [0.2, 0.25) is 0 Å². The molecular weight excluding hydrogens is 894 g/mol. The average molecular weight is 946 g/mol. The topological polar surface area (TPSA) is 180 Å². The van der Waals surface area contributed by atoms with Crippen LogP contribution in [-0.2, 0) is 78.5 Å². The highest BCUT2D eigenvalue weighted by molar-refractivity contribution is 7.25. The van der Waals surface area contributed by atoms with Crippen molar-refractivity contribution in [3.05, 3.63) is 0 Å². The Balaban J connectivity index is 1.85. The third kappa shape index (κ3) is 13.6. The van der Waals surface area contributed by atoms with Gasteiger partial charge in [-0.2, -0.15) is 0 Å². The summed E-state index contributed by atoms with van der Waals surface area (Å²) >= 11 is 0. The Morgan fingerprint density at radius 3 is 1.42 bits per heavy atom. The Labute approximate surface area is 332 Å². The number of unbranched alkanes of at least 4 members (excludes halogenated alkanes) is 1. The second-order valence-corrected chi connectivity index (χ2v) is 16.4. The zero-order valence-electron chi connectivity index (χ0n) is 29.1. The number of hydrogen-bond acceptors (Lipinski definition) is 17. The summed E-state index contributed by atoms with van der Waals surface area (Å²) in [5.74, 6) is 0.130. The van der Waals surface area contributed by atoms with E-state index < -0.39 is 99.7 Å². The molecule has 16 unspecified atom stereocenters. The van der Waals surface area contributed by atoms with Crippen molar-refractivity contribution in [2.24, 2.45) is 5.92 Å². The minimum Gasteiger partial charge on any atom is -0.363 e. The Hall–Kier alpha value is 2.75. The lowest BCUT2D eigenvalue weighted by molar-refractivity contribution is -0.342. The van der Waals surface area contributed by atoms with Gasteiger partial charge in [0.15, 0.2) is 35.8 Å². The van der Waals surface area contributed by atoms with Crippen LogP contribution in [0.5, 0.6) is 0 Å². The van der Waals surface area contributed by atoms with Crippen molar-refractivity contribution in [3.63, 3.8) is 0 Å². The fraction of sp³-hybridized carbons (Fsp3) is 0.962. The summed E-state index contributed by atoms with van der Waals surface area (Å²) in [7, 11) is 16.7. The van der Waals surface area contributed by atoms with Crippen molar-refractivity contribution in [1.82, 2.24) is 0 Å². The Morgan fingerprint density at radius 2 is 1.00 bits per heavy atom. The molecule has 0 aromatic carbocycles. The number of carbonyl (C=O) groups excluding carboxylic acids is 1. The third-order valence-corrected chi connectivity index (χ3v) is 12.9. The maximum absolute atomic E-state index is 13.0. The highest BCUT2D eigenvalue weighted by atomic mass is 31.1. The summed E-state index contributed by atoms with van der Waals surface area (Å²) < 4.78 is 108. The van der Waals surface area contributed by atoms with Crippen LogP contribution in [0.25, 0.3) is 0 Å². The zero-order valence-corrected chi connectivity index (χ0v) is 40.2. The van der Waals surface area contributed by atoms with Crippen molar-refractivity contribution >= 4 is 98.4 Å². The van der Waals surface area contributed by atoms with Gasteiger partial charge in [-0.15, -0.1) is 0 Å². The minimum atomic E-state index is -1.20. The van der Waals surface area contributed by atoms with E-state index in [1.165, 1.54) is 0 Å². The molecule has 0 radical (unpaired) electrons. The van der Waals surface area contributed by atoms with E-state index in [1.54, 1.807) is 6.92 Å². The third-order valence-electron chi connectivity index (χ3n) is 9.22. The van der Waals surface area contributed by atoms with Gasteiger partial charge in [-0.05, 0) is 19.8 Å². The molecule has 17 nitrogen and oxygen atoms in total. The van der Waals surface area contributed by atoms with Crippen molar-refractivity contribution in [3.8, 4) is 0 Å². The molecule has 0 saturated carbocycles. The fourth-order valence-corrected chi connectivity index (χ4v) is 9.91. The van der Waals surface area contributed by atoms with E-state index in [0.29, 0.717) is 13.0 Å². The lowest BCUT2D eigenvalue weighted by Crippen LogP contribution is -2.65. The summed E-state index contributed by atoms with van der Waals surface area (Å²) in [6.45, 7) is 3.91. The molecule has 3 rings (SSSR count). The molecule has 3 heterocycles. The summed E-state index contributed by atoms with van der Waals surface area (Å²) in [4.78, 5) is 11.6. The van der Waals surface area contributed by atoms with E-state index in [4.69, 9.17) is 64.6 Å². The molecule has 0 aromatic heterocycles. The number of hydrogen-bond donors (Lipinski definition) is 0. The van der Waals surface area contributed by atoms with Crippen LogP contribution in [0.1, 0.15) is 33.1 Å². The number of carbonyl (C=O) groups is 1. The summed E-state index contributed by atoms with van der Waals surface area (Å²) in [6, 6.07) is 0. The van der Waals surface area contributed by atoms with Crippen LogP contribution in [0.15, 0.2) is 0 Å². The first-order valence-electron chi connectivity index (χ1n) is 16.4. The molecular formula is C26H52O17P10. The predicted molar refractivity (Wildman–Crippen MR) is 218 cm³/mol. The van der Waals surface area contributed by atoms with Gasteiger partial charge in [0, 0.05) is 88.3 Å². The predicted octanol–water partition coefficient (Wildman–Crippen LogP) is 3.96. The van der Waals surface area contributed by atoms with E-state index >= 15 is 0 Å². The first kappa shape index (κ1) is 50.1. The van der Waals surface area contributed by atoms with E-state index in [1.807, 2.05) is 6.92 Å². The van der Waals surface area contributed by atoms with Crippen LogP contribution in [-0.4, -0.2) is 123 Å². The lowest BCUT2D eigenvalue weighted by Gasteiger charge is -2.49. The standard InChI is InChI=1S/C26H52O17P10/c1-10(11(2)27)5-3-4-6-30-24-21(43-51)18(40-48)15(12(34-24)7-31-44)37-25-22(52-28)19(41-49)16(13(35-25)8-32-45)38-26-23(53-29)20(42-50)17(39-47)14(36-26)9-33-46/h10,12-26H,3-9,44-51H2,1-2H3/t10?,12?,13?,14?,15-,16-,17-,18-,19-,20-,21?,22?,23?,24?,25-,26-/m0/s1. The second kappa shape index (κ2) is 26.9. The molecule has 0 aliphatic carbocycles. The molecule has 3 fully saturated rings. The van der Waals surface area contributed by atoms with Crippen LogP contribution in [0.4, 0.5) is 0 Å². The van der Waals surface area contributed by atoms with E-state index in [-0.39, 0.29) is 40.0 Å². The van der Waals surface area contributed by atoms with Gasteiger partial charge in [0.05, 0.1) is 19.8 Å². The highest BCUT2D eigenvalue weighted by Gasteiger charge is 2.56.